The highest BCUT2D eigenvalue weighted by Gasteiger charge is 2.19. The highest BCUT2D eigenvalue weighted by molar-refractivity contribution is 8.00. The number of rotatable bonds is 5. The minimum absolute atomic E-state index is 0.115. The molecule has 9 heteroatoms. The predicted molar refractivity (Wildman–Crippen MR) is 99.5 cm³/mol. The molecule has 1 atom stereocenters. The Morgan fingerprint density at radius 3 is 2.65 bits per heavy atom. The van der Waals surface area contributed by atoms with Gasteiger partial charge in [0.2, 0.25) is 5.91 Å². The van der Waals surface area contributed by atoms with Crippen LogP contribution in [-0.2, 0) is 4.79 Å². The van der Waals surface area contributed by atoms with Gasteiger partial charge in [0.15, 0.2) is 11.5 Å². The number of amides is 1. The third-order valence-corrected chi connectivity index (χ3v) is 5.02. The topological polar surface area (TPSA) is 90.7 Å². The van der Waals surface area contributed by atoms with Gasteiger partial charge in [0, 0.05) is 17.0 Å². The Hall–Kier alpha value is -2.45. The van der Waals surface area contributed by atoms with Crippen LogP contribution < -0.4 is 14.8 Å². The standard InChI is InChI=1S/C17H15ClN2O5S/c1-10(26-12-3-5-15-16(9-12)25-7-6-24-15)17(21)19-14-4-2-11(20(22)23)8-13(14)18/h2-5,8-10H,6-7H2,1H3,(H,19,21). The van der Waals surface area contributed by atoms with Gasteiger partial charge in [-0.15, -0.1) is 11.8 Å². The molecule has 0 aromatic heterocycles. The molecule has 136 valence electrons. The number of ether oxygens (including phenoxy) is 2. The van der Waals surface area contributed by atoms with Gasteiger partial charge in [-0.25, -0.2) is 0 Å². The Balaban J connectivity index is 1.65. The molecular formula is C17H15ClN2O5S. The van der Waals surface area contributed by atoms with Gasteiger partial charge in [-0.1, -0.05) is 11.6 Å². The van der Waals surface area contributed by atoms with Crippen LogP contribution in [0.3, 0.4) is 0 Å². The molecule has 0 aliphatic carbocycles. The number of anilines is 1. The fraction of sp³-hybridized carbons (Fsp3) is 0.235. The van der Waals surface area contributed by atoms with Crippen molar-refractivity contribution in [2.24, 2.45) is 0 Å². The molecule has 0 saturated carbocycles. The van der Waals surface area contributed by atoms with E-state index in [1.165, 1.54) is 30.0 Å². The van der Waals surface area contributed by atoms with E-state index in [2.05, 4.69) is 5.32 Å². The van der Waals surface area contributed by atoms with Gasteiger partial charge in [-0.3, -0.25) is 14.9 Å². The lowest BCUT2D eigenvalue weighted by Crippen LogP contribution is -2.22. The Morgan fingerprint density at radius 2 is 1.96 bits per heavy atom. The van der Waals surface area contributed by atoms with Crippen LogP contribution in [0.1, 0.15) is 6.92 Å². The van der Waals surface area contributed by atoms with E-state index >= 15 is 0 Å². The molecule has 1 amide bonds. The van der Waals surface area contributed by atoms with Crippen LogP contribution >= 0.6 is 23.4 Å². The highest BCUT2D eigenvalue weighted by atomic mass is 35.5. The molecule has 7 nitrogen and oxygen atoms in total. The van der Waals surface area contributed by atoms with Gasteiger partial charge in [0.25, 0.3) is 5.69 Å². The van der Waals surface area contributed by atoms with Crippen LogP contribution in [0.15, 0.2) is 41.3 Å². The SMILES string of the molecule is CC(Sc1ccc2c(c1)OCCO2)C(=O)Nc1ccc([N+](=O)[O-])cc1Cl. The first-order valence-corrected chi connectivity index (χ1v) is 9.01. The maximum atomic E-state index is 12.4. The van der Waals surface area contributed by atoms with Crippen molar-refractivity contribution in [2.45, 2.75) is 17.1 Å². The number of non-ortho nitro benzene ring substituents is 1. The average Bonchev–Trinajstić information content (AvgIpc) is 2.63. The summed E-state index contributed by atoms with van der Waals surface area (Å²) in [7, 11) is 0. The summed E-state index contributed by atoms with van der Waals surface area (Å²) in [5.41, 5.74) is 0.198. The summed E-state index contributed by atoms with van der Waals surface area (Å²) in [4.78, 5) is 23.5. The molecule has 0 fully saturated rings. The minimum Gasteiger partial charge on any atom is -0.486 e. The first-order valence-electron chi connectivity index (χ1n) is 7.75. The Bertz CT molecular complexity index is 861. The van der Waals surface area contributed by atoms with Crippen LogP contribution in [0.25, 0.3) is 0 Å². The van der Waals surface area contributed by atoms with Gasteiger partial charge in [0.1, 0.15) is 13.2 Å². The second-order valence-corrected chi connectivity index (χ2v) is 7.30. The summed E-state index contributed by atoms with van der Waals surface area (Å²) in [5.74, 6) is 1.09. The summed E-state index contributed by atoms with van der Waals surface area (Å²) in [5, 5.41) is 13.1. The fourth-order valence-corrected chi connectivity index (χ4v) is 3.43. The number of hydrogen-bond donors (Lipinski definition) is 1. The van der Waals surface area contributed by atoms with Crippen LogP contribution in [0.5, 0.6) is 11.5 Å². The van der Waals surface area contributed by atoms with Gasteiger partial charge < -0.3 is 14.8 Å². The normalized spacial score (nSPS) is 13.8. The zero-order valence-corrected chi connectivity index (χ0v) is 15.3. The number of nitro benzene ring substituents is 1. The van der Waals surface area contributed by atoms with Crippen LogP contribution in [0.2, 0.25) is 5.02 Å². The Labute approximate surface area is 158 Å². The van der Waals surface area contributed by atoms with Crippen molar-refractivity contribution >= 4 is 40.6 Å². The largest absolute Gasteiger partial charge is 0.486 e. The summed E-state index contributed by atoms with van der Waals surface area (Å²) in [6.45, 7) is 2.78. The number of carbonyl (C=O) groups is 1. The van der Waals surface area contributed by atoms with Crippen molar-refractivity contribution in [1.82, 2.24) is 0 Å². The first-order chi connectivity index (χ1) is 12.4. The van der Waals surface area contributed by atoms with E-state index in [9.17, 15) is 14.9 Å². The molecule has 3 rings (SSSR count). The quantitative estimate of drug-likeness (QED) is 0.465. The van der Waals surface area contributed by atoms with E-state index in [4.69, 9.17) is 21.1 Å². The second-order valence-electron chi connectivity index (χ2n) is 5.48. The molecule has 0 radical (unpaired) electrons. The van der Waals surface area contributed by atoms with Crippen LogP contribution in [-0.4, -0.2) is 29.3 Å². The molecule has 26 heavy (non-hydrogen) atoms. The van der Waals surface area contributed by atoms with Crippen molar-refractivity contribution in [3.63, 3.8) is 0 Å². The van der Waals surface area contributed by atoms with E-state index in [-0.39, 0.29) is 16.6 Å². The average molecular weight is 395 g/mol. The summed E-state index contributed by atoms with van der Waals surface area (Å²) >= 11 is 7.36. The molecule has 0 spiro atoms. The smallest absolute Gasteiger partial charge is 0.271 e. The fourth-order valence-electron chi connectivity index (χ4n) is 2.31. The van der Waals surface area contributed by atoms with E-state index in [0.29, 0.717) is 30.4 Å². The molecule has 0 saturated heterocycles. The van der Waals surface area contributed by atoms with Crippen molar-refractivity contribution in [1.29, 1.82) is 0 Å². The van der Waals surface area contributed by atoms with Crippen LogP contribution in [0, 0.1) is 10.1 Å². The summed E-state index contributed by atoms with van der Waals surface area (Å²) < 4.78 is 11.0. The number of halogens is 1. The molecule has 0 bridgehead atoms. The number of hydrogen-bond acceptors (Lipinski definition) is 6. The van der Waals surface area contributed by atoms with Crippen molar-refractivity contribution in [3.05, 3.63) is 51.5 Å². The molecular weight excluding hydrogens is 380 g/mol. The molecule has 1 aliphatic rings. The first kappa shape index (κ1) is 18.3. The third kappa shape index (κ3) is 4.20. The van der Waals surface area contributed by atoms with E-state index in [1.54, 1.807) is 6.92 Å². The number of nitro groups is 1. The van der Waals surface area contributed by atoms with Crippen molar-refractivity contribution in [3.8, 4) is 11.5 Å². The lowest BCUT2D eigenvalue weighted by molar-refractivity contribution is -0.384. The molecule has 1 unspecified atom stereocenters. The maximum absolute atomic E-state index is 12.4. The summed E-state index contributed by atoms with van der Waals surface area (Å²) in [6.07, 6.45) is 0. The third-order valence-electron chi connectivity index (χ3n) is 3.62. The van der Waals surface area contributed by atoms with Gasteiger partial charge in [-0.2, -0.15) is 0 Å². The number of nitrogens with one attached hydrogen (secondary N) is 1. The molecule has 2 aromatic rings. The monoisotopic (exact) mass is 394 g/mol. The number of fused-ring (bicyclic) bond motifs is 1. The Morgan fingerprint density at radius 1 is 1.23 bits per heavy atom. The molecule has 2 aromatic carbocycles. The van der Waals surface area contributed by atoms with Gasteiger partial charge in [0.05, 0.1) is 20.9 Å². The van der Waals surface area contributed by atoms with Gasteiger partial charge >= 0.3 is 0 Å². The summed E-state index contributed by atoms with van der Waals surface area (Å²) in [6, 6.07) is 9.42. The van der Waals surface area contributed by atoms with Crippen molar-refractivity contribution < 1.29 is 19.2 Å². The second kappa shape index (κ2) is 7.84. The molecule has 1 aliphatic heterocycles. The zero-order valence-electron chi connectivity index (χ0n) is 13.7. The van der Waals surface area contributed by atoms with Crippen LogP contribution in [0.4, 0.5) is 11.4 Å². The maximum Gasteiger partial charge on any atom is 0.271 e. The van der Waals surface area contributed by atoms with Crippen molar-refractivity contribution in [2.75, 3.05) is 18.5 Å². The predicted octanol–water partition coefficient (Wildman–Crippen LogP) is 4.14. The van der Waals surface area contributed by atoms with E-state index in [0.717, 1.165) is 4.90 Å². The number of carbonyl (C=O) groups excluding carboxylic acids is 1. The number of benzene rings is 2. The van der Waals surface area contributed by atoms with Gasteiger partial charge in [-0.05, 0) is 31.2 Å². The number of nitrogens with zero attached hydrogens (tertiary/aromatic N) is 1. The minimum atomic E-state index is -0.544. The Kier molecular flexibility index (Phi) is 5.53. The highest BCUT2D eigenvalue weighted by Crippen LogP contribution is 2.36. The zero-order chi connectivity index (χ0) is 18.7. The number of thioether (sulfide) groups is 1. The van der Waals surface area contributed by atoms with E-state index < -0.39 is 10.2 Å². The molecule has 1 heterocycles. The molecule has 1 N–H and O–H groups in total. The lowest BCUT2D eigenvalue weighted by Gasteiger charge is -2.19. The lowest BCUT2D eigenvalue weighted by atomic mass is 10.2. The van der Waals surface area contributed by atoms with E-state index in [1.807, 2.05) is 18.2 Å².